The molecule has 0 N–H and O–H groups in total. The molecule has 13 heavy (non-hydrogen) atoms. The lowest BCUT2D eigenvalue weighted by atomic mass is 10.1. The van der Waals surface area contributed by atoms with Crippen molar-refractivity contribution in [1.82, 2.24) is 0 Å². The highest BCUT2D eigenvalue weighted by molar-refractivity contribution is 9.10. The van der Waals surface area contributed by atoms with Crippen LogP contribution in [0.1, 0.15) is 10.4 Å². The van der Waals surface area contributed by atoms with Crippen molar-refractivity contribution in [3.05, 3.63) is 39.0 Å². The van der Waals surface area contributed by atoms with Gasteiger partial charge in [0.2, 0.25) is 5.39 Å². The number of diazo groups is 1. The summed E-state index contributed by atoms with van der Waals surface area (Å²) in [6.45, 7) is -0.423. The van der Waals surface area contributed by atoms with Gasteiger partial charge in [0.25, 0.3) is 5.78 Å². The highest BCUT2D eigenvalue weighted by atomic mass is 79.9. The van der Waals surface area contributed by atoms with E-state index in [1.54, 1.807) is 0 Å². The smallest absolute Gasteiger partial charge is 0.285 e. The van der Waals surface area contributed by atoms with Crippen LogP contribution in [0.5, 0.6) is 0 Å². The van der Waals surface area contributed by atoms with Crippen LogP contribution in [0, 0.1) is 11.2 Å². The molecule has 0 heterocycles. The van der Waals surface area contributed by atoms with E-state index in [4.69, 9.17) is 5.39 Å². The molecule has 0 aliphatic heterocycles. The second-order valence-corrected chi connectivity index (χ2v) is 3.26. The van der Waals surface area contributed by atoms with Crippen LogP contribution < -0.4 is 0 Å². The Morgan fingerprint density at radius 2 is 2.31 bits per heavy atom. The molecule has 0 saturated heterocycles. The first-order valence-electron chi connectivity index (χ1n) is 3.44. The number of benzene rings is 1. The van der Waals surface area contributed by atoms with E-state index in [1.165, 1.54) is 18.2 Å². The number of hydrogen-bond donors (Lipinski definition) is 0. The fourth-order valence-corrected chi connectivity index (χ4v) is 1.22. The van der Waals surface area contributed by atoms with Crippen molar-refractivity contribution >= 4 is 21.7 Å². The fourth-order valence-electron chi connectivity index (χ4n) is 0.861. The molecule has 66 valence electrons. The number of ketones is 1. The summed E-state index contributed by atoms with van der Waals surface area (Å²) >= 11 is 3.10. The molecule has 3 nitrogen and oxygen atoms in total. The Labute approximate surface area is 82.3 Å². The zero-order valence-corrected chi connectivity index (χ0v) is 8.08. The number of halogens is 2. The van der Waals surface area contributed by atoms with Gasteiger partial charge in [0.1, 0.15) is 10.8 Å². The molecule has 0 spiro atoms. The van der Waals surface area contributed by atoms with E-state index < -0.39 is 18.1 Å². The highest BCUT2D eigenvalue weighted by Gasteiger charge is 2.16. The summed E-state index contributed by atoms with van der Waals surface area (Å²) < 4.78 is 13.6. The van der Waals surface area contributed by atoms with E-state index >= 15 is 0 Å². The summed E-state index contributed by atoms with van der Waals surface area (Å²) in [6.07, 6.45) is 0. The summed E-state index contributed by atoms with van der Waals surface area (Å²) in [6, 6.07) is 4.01. The molecule has 0 bridgehead atoms. The first kappa shape index (κ1) is 9.81. The molecule has 1 aromatic carbocycles. The Bertz CT molecular complexity index is 386. The van der Waals surface area contributed by atoms with Crippen LogP contribution in [0.4, 0.5) is 4.39 Å². The monoisotopic (exact) mass is 243 g/mol. The third-order valence-electron chi connectivity index (χ3n) is 1.44. The molecule has 0 aliphatic carbocycles. The molecule has 0 aliphatic rings. The number of nitrogens with zero attached hydrogens (tertiary/aromatic N) is 2. The molecule has 5 heteroatoms. The number of hydrogen-bond acceptors (Lipinski definition) is 2. The predicted octanol–water partition coefficient (Wildman–Crippen LogP) is 2.62. The van der Waals surface area contributed by atoms with Crippen molar-refractivity contribution in [3.8, 4) is 0 Å². The molecule has 1 aromatic rings. The van der Waals surface area contributed by atoms with Gasteiger partial charge in [0, 0.05) is 4.47 Å². The molecule has 0 atom stereocenters. The maximum absolute atomic E-state index is 13.0. The average molecular weight is 244 g/mol. The molecule has 0 unspecified atom stereocenters. The second-order valence-electron chi connectivity index (χ2n) is 2.35. The lowest BCUT2D eigenvalue weighted by Crippen LogP contribution is -2.04. The lowest BCUT2D eigenvalue weighted by molar-refractivity contribution is 0.101. The third-order valence-corrected chi connectivity index (χ3v) is 1.94. The van der Waals surface area contributed by atoms with Crippen LogP contribution in [-0.4, -0.2) is 12.3 Å². The SMILES string of the molecule is N#[N+]CC(=O)c1cc(Br)ccc1F. The summed E-state index contributed by atoms with van der Waals surface area (Å²) in [7, 11) is 0. The summed E-state index contributed by atoms with van der Waals surface area (Å²) in [5.74, 6) is -1.17. The Morgan fingerprint density at radius 3 is 2.92 bits per heavy atom. The molecule has 0 amide bonds. The Hall–Kier alpha value is -1.28. The van der Waals surface area contributed by atoms with Gasteiger partial charge in [-0.2, -0.15) is 0 Å². The van der Waals surface area contributed by atoms with Crippen LogP contribution in [0.25, 0.3) is 4.98 Å². The van der Waals surface area contributed by atoms with Gasteiger partial charge in [0.15, 0.2) is 0 Å². The van der Waals surface area contributed by atoms with Gasteiger partial charge in [-0.25, -0.2) is 4.39 Å². The first-order chi connectivity index (χ1) is 6.15. The van der Waals surface area contributed by atoms with Crippen molar-refractivity contribution < 1.29 is 9.18 Å². The van der Waals surface area contributed by atoms with E-state index in [1.807, 2.05) is 0 Å². The summed E-state index contributed by atoms with van der Waals surface area (Å²) in [5.41, 5.74) is -0.0767. The lowest BCUT2D eigenvalue weighted by Gasteiger charge is -1.96. The largest absolute Gasteiger partial charge is 0.367 e. The maximum Gasteiger partial charge on any atom is 0.367 e. The van der Waals surface area contributed by atoms with Crippen molar-refractivity contribution in [2.45, 2.75) is 0 Å². The van der Waals surface area contributed by atoms with Gasteiger partial charge in [-0.1, -0.05) is 15.9 Å². The summed E-state index contributed by atoms with van der Waals surface area (Å²) in [4.78, 5) is 13.8. The molecular weight excluding hydrogens is 239 g/mol. The van der Waals surface area contributed by atoms with Crippen molar-refractivity contribution in [2.24, 2.45) is 0 Å². The van der Waals surface area contributed by atoms with Crippen LogP contribution in [0.3, 0.4) is 0 Å². The van der Waals surface area contributed by atoms with Crippen molar-refractivity contribution in [3.63, 3.8) is 0 Å². The van der Waals surface area contributed by atoms with Crippen molar-refractivity contribution in [1.29, 1.82) is 5.39 Å². The normalized spacial score (nSPS) is 9.31. The number of carbonyl (C=O) groups is 1. The van der Waals surface area contributed by atoms with Crippen LogP contribution in [0.15, 0.2) is 22.7 Å². The molecule has 0 fully saturated rings. The van der Waals surface area contributed by atoms with Gasteiger partial charge in [-0.15, -0.1) is 0 Å². The number of Topliss-reactive ketones (excluding diaryl/α,β-unsaturated/α-hetero) is 1. The fraction of sp³-hybridized carbons (Fsp3) is 0.125. The standard InChI is InChI=1S/C8H5BrFN2O/c9-5-1-2-7(10)6(3-5)8(13)4-12-11/h1-3H,4H2/q+1. The van der Waals surface area contributed by atoms with Crippen molar-refractivity contribution in [2.75, 3.05) is 6.54 Å². The number of rotatable bonds is 2. The van der Waals surface area contributed by atoms with Crippen LogP contribution >= 0.6 is 15.9 Å². The molecule has 0 saturated carbocycles. The minimum Gasteiger partial charge on any atom is -0.285 e. The zero-order chi connectivity index (χ0) is 9.84. The van der Waals surface area contributed by atoms with Gasteiger partial charge in [-0.3, -0.25) is 4.79 Å². The van der Waals surface area contributed by atoms with Crippen LogP contribution in [-0.2, 0) is 0 Å². The molecule has 1 rings (SSSR count). The van der Waals surface area contributed by atoms with Gasteiger partial charge in [0.05, 0.1) is 5.56 Å². The Balaban J connectivity index is 3.07. The zero-order valence-electron chi connectivity index (χ0n) is 6.50. The number of carbonyl (C=O) groups excluding carboxylic acids is 1. The van der Waals surface area contributed by atoms with Gasteiger partial charge in [-0.05, 0) is 18.2 Å². The maximum atomic E-state index is 13.0. The van der Waals surface area contributed by atoms with E-state index in [0.29, 0.717) is 4.47 Å². The molecule has 0 radical (unpaired) electrons. The van der Waals surface area contributed by atoms with Gasteiger partial charge < -0.3 is 0 Å². The topological polar surface area (TPSA) is 45.2 Å². The van der Waals surface area contributed by atoms with E-state index in [9.17, 15) is 9.18 Å². The summed E-state index contributed by atoms with van der Waals surface area (Å²) in [5, 5.41) is 8.13. The Kier molecular flexibility index (Phi) is 3.09. The quantitative estimate of drug-likeness (QED) is 0.592. The van der Waals surface area contributed by atoms with E-state index in [-0.39, 0.29) is 5.56 Å². The third kappa shape index (κ3) is 2.33. The average Bonchev–Trinajstić information content (AvgIpc) is 2.09. The van der Waals surface area contributed by atoms with Gasteiger partial charge >= 0.3 is 6.54 Å². The molecular formula is C8H5BrFN2O+. The predicted molar refractivity (Wildman–Crippen MR) is 48.4 cm³/mol. The van der Waals surface area contributed by atoms with E-state index in [2.05, 4.69) is 20.9 Å². The second kappa shape index (κ2) is 4.10. The molecule has 0 aromatic heterocycles. The first-order valence-corrected chi connectivity index (χ1v) is 4.23. The minimum absolute atomic E-state index is 0.0767. The van der Waals surface area contributed by atoms with E-state index in [0.717, 1.165) is 0 Å². The van der Waals surface area contributed by atoms with Crippen LogP contribution in [0.2, 0.25) is 0 Å². The Morgan fingerprint density at radius 1 is 1.62 bits per heavy atom. The highest BCUT2D eigenvalue weighted by Crippen LogP contribution is 2.15. The minimum atomic E-state index is -0.614.